The molecule has 0 saturated heterocycles. The molecule has 1 aromatic carbocycles. The highest BCUT2D eigenvalue weighted by Crippen LogP contribution is 2.13. The molecule has 0 amide bonds. The van der Waals surface area contributed by atoms with Crippen LogP contribution in [0.15, 0.2) is 54.7 Å². The summed E-state index contributed by atoms with van der Waals surface area (Å²) in [5, 5.41) is 3.41. The van der Waals surface area contributed by atoms with Crippen LogP contribution >= 0.6 is 0 Å². The zero-order valence-corrected chi connectivity index (χ0v) is 11.7. The molecular formula is C17H23N. The number of benzene rings is 1. The van der Waals surface area contributed by atoms with E-state index in [1.165, 1.54) is 22.4 Å². The van der Waals surface area contributed by atoms with Crippen molar-refractivity contribution in [2.75, 3.05) is 11.9 Å². The lowest BCUT2D eigenvalue weighted by atomic mass is 10.1. The maximum atomic E-state index is 3.75. The number of rotatable bonds is 6. The quantitative estimate of drug-likeness (QED) is 0.557. The molecule has 0 aromatic heterocycles. The van der Waals surface area contributed by atoms with Crippen molar-refractivity contribution in [3.63, 3.8) is 0 Å². The molecule has 0 heterocycles. The lowest BCUT2D eigenvalue weighted by Crippen LogP contribution is -1.98. The first-order chi connectivity index (χ1) is 8.65. The number of hydrogen-bond acceptors (Lipinski definition) is 1. The second-order valence-electron chi connectivity index (χ2n) is 4.52. The van der Waals surface area contributed by atoms with Crippen LogP contribution in [-0.2, 0) is 0 Å². The normalized spacial score (nSPS) is 11.8. The fraction of sp³-hybridized carbons (Fsp3) is 0.294. The Balaban J connectivity index is 2.50. The van der Waals surface area contributed by atoms with Gasteiger partial charge in [-0.25, -0.2) is 0 Å². The zero-order valence-electron chi connectivity index (χ0n) is 11.7. The Bertz CT molecular complexity index is 432. The maximum Gasteiger partial charge on any atom is 0.0347 e. The number of nitrogens with one attached hydrogen (secondary N) is 1. The molecule has 96 valence electrons. The molecule has 1 rings (SSSR count). The van der Waals surface area contributed by atoms with Crippen molar-refractivity contribution in [1.29, 1.82) is 0 Å². The Labute approximate surface area is 111 Å². The third-order valence-electron chi connectivity index (χ3n) is 2.73. The number of allylic oxidation sites excluding steroid dienone is 4. The number of anilines is 1. The molecule has 0 unspecified atom stereocenters. The van der Waals surface area contributed by atoms with Gasteiger partial charge in [0.25, 0.3) is 0 Å². The Morgan fingerprint density at radius 3 is 2.44 bits per heavy atom. The summed E-state index contributed by atoms with van der Waals surface area (Å²) in [6.07, 6.45) is 9.27. The van der Waals surface area contributed by atoms with Gasteiger partial charge in [0, 0.05) is 12.2 Å². The molecular weight excluding hydrogens is 218 g/mol. The third-order valence-corrected chi connectivity index (χ3v) is 2.73. The van der Waals surface area contributed by atoms with Crippen molar-refractivity contribution >= 4 is 5.69 Å². The molecule has 0 atom stereocenters. The van der Waals surface area contributed by atoms with Crippen molar-refractivity contribution < 1.29 is 0 Å². The number of hydrogen-bond donors (Lipinski definition) is 1. The Hall–Kier alpha value is -1.76. The molecule has 0 aliphatic heterocycles. The minimum atomic E-state index is 0.845. The first kappa shape index (κ1) is 14.3. The molecule has 0 bridgehead atoms. The van der Waals surface area contributed by atoms with Crippen LogP contribution < -0.4 is 5.32 Å². The molecule has 0 saturated carbocycles. The Morgan fingerprint density at radius 1 is 1.22 bits per heavy atom. The highest BCUT2D eigenvalue weighted by Gasteiger charge is 1.93. The standard InChI is InChI=1S/C17H23N/c1-5-8-16(6-2)9-7-10-18-17-12-14(3)11-15(4)13-17/h5-7,9,11-13,18H,1,8,10H2,2-4H3/b9-7-,16-6-. The fourth-order valence-corrected chi connectivity index (χ4v) is 1.91. The summed E-state index contributed by atoms with van der Waals surface area (Å²) in [6, 6.07) is 6.52. The average molecular weight is 241 g/mol. The van der Waals surface area contributed by atoms with Gasteiger partial charge in [-0.15, -0.1) is 6.58 Å². The molecule has 1 nitrogen and oxygen atoms in total. The zero-order chi connectivity index (χ0) is 13.4. The summed E-state index contributed by atoms with van der Waals surface area (Å²) >= 11 is 0. The van der Waals surface area contributed by atoms with Crippen LogP contribution in [0, 0.1) is 13.8 Å². The van der Waals surface area contributed by atoms with Crippen molar-refractivity contribution in [3.05, 3.63) is 65.8 Å². The largest absolute Gasteiger partial charge is 0.382 e. The van der Waals surface area contributed by atoms with E-state index in [1.54, 1.807) is 0 Å². The SMILES string of the molecule is C=CCC(/C=C\CNc1cc(C)cc(C)c1)=C/C. The molecule has 1 aromatic rings. The van der Waals surface area contributed by atoms with Crippen LogP contribution in [0.1, 0.15) is 24.5 Å². The molecule has 0 radical (unpaired) electrons. The van der Waals surface area contributed by atoms with Gasteiger partial charge in [-0.2, -0.15) is 0 Å². The first-order valence-corrected chi connectivity index (χ1v) is 6.40. The van der Waals surface area contributed by atoms with Gasteiger partial charge in [-0.3, -0.25) is 0 Å². The van der Waals surface area contributed by atoms with Gasteiger partial charge in [-0.05, 0) is 56.0 Å². The molecule has 18 heavy (non-hydrogen) atoms. The van der Waals surface area contributed by atoms with Gasteiger partial charge >= 0.3 is 0 Å². The Morgan fingerprint density at radius 2 is 1.89 bits per heavy atom. The van der Waals surface area contributed by atoms with Gasteiger partial charge in [0.1, 0.15) is 0 Å². The van der Waals surface area contributed by atoms with E-state index in [4.69, 9.17) is 0 Å². The van der Waals surface area contributed by atoms with Gasteiger partial charge in [-0.1, -0.05) is 30.4 Å². The summed E-state index contributed by atoms with van der Waals surface area (Å²) in [4.78, 5) is 0. The van der Waals surface area contributed by atoms with E-state index in [1.807, 2.05) is 6.08 Å². The summed E-state index contributed by atoms with van der Waals surface area (Å²) in [7, 11) is 0. The van der Waals surface area contributed by atoms with Crippen LogP contribution in [0.3, 0.4) is 0 Å². The topological polar surface area (TPSA) is 12.0 Å². The van der Waals surface area contributed by atoms with Crippen molar-refractivity contribution in [2.45, 2.75) is 27.2 Å². The molecule has 0 spiro atoms. The molecule has 1 heteroatoms. The van der Waals surface area contributed by atoms with E-state index < -0.39 is 0 Å². The van der Waals surface area contributed by atoms with Crippen molar-refractivity contribution in [3.8, 4) is 0 Å². The number of aryl methyl sites for hydroxylation is 2. The van der Waals surface area contributed by atoms with E-state index in [-0.39, 0.29) is 0 Å². The lowest BCUT2D eigenvalue weighted by molar-refractivity contribution is 1.25. The minimum absolute atomic E-state index is 0.845. The summed E-state index contributed by atoms with van der Waals surface area (Å²) < 4.78 is 0. The van der Waals surface area contributed by atoms with Gasteiger partial charge in [0.05, 0.1) is 0 Å². The Kier molecular flexibility index (Phi) is 5.99. The second kappa shape index (κ2) is 7.54. The molecule has 1 N–H and O–H groups in total. The van der Waals surface area contributed by atoms with Crippen molar-refractivity contribution in [1.82, 2.24) is 0 Å². The smallest absolute Gasteiger partial charge is 0.0347 e. The van der Waals surface area contributed by atoms with E-state index in [9.17, 15) is 0 Å². The van der Waals surface area contributed by atoms with Gasteiger partial charge < -0.3 is 5.32 Å². The van der Waals surface area contributed by atoms with E-state index in [2.05, 4.69) is 69.1 Å². The predicted octanol–water partition coefficient (Wildman–Crippen LogP) is 4.79. The predicted molar refractivity (Wildman–Crippen MR) is 82.1 cm³/mol. The van der Waals surface area contributed by atoms with E-state index in [0.29, 0.717) is 0 Å². The van der Waals surface area contributed by atoms with Gasteiger partial charge in [0.15, 0.2) is 0 Å². The summed E-state index contributed by atoms with van der Waals surface area (Å²) in [6.45, 7) is 10.9. The van der Waals surface area contributed by atoms with Crippen LogP contribution in [0.25, 0.3) is 0 Å². The second-order valence-corrected chi connectivity index (χ2v) is 4.52. The van der Waals surface area contributed by atoms with Crippen LogP contribution in [0.5, 0.6) is 0 Å². The monoisotopic (exact) mass is 241 g/mol. The van der Waals surface area contributed by atoms with E-state index in [0.717, 1.165) is 13.0 Å². The third kappa shape index (κ3) is 5.05. The summed E-state index contributed by atoms with van der Waals surface area (Å²) in [5.41, 5.74) is 5.07. The highest BCUT2D eigenvalue weighted by molar-refractivity contribution is 5.48. The minimum Gasteiger partial charge on any atom is -0.382 e. The van der Waals surface area contributed by atoms with Crippen LogP contribution in [0.2, 0.25) is 0 Å². The highest BCUT2D eigenvalue weighted by atomic mass is 14.9. The van der Waals surface area contributed by atoms with Crippen LogP contribution in [-0.4, -0.2) is 6.54 Å². The van der Waals surface area contributed by atoms with E-state index >= 15 is 0 Å². The van der Waals surface area contributed by atoms with Crippen LogP contribution in [0.4, 0.5) is 5.69 Å². The average Bonchev–Trinajstić information content (AvgIpc) is 2.32. The summed E-state index contributed by atoms with van der Waals surface area (Å²) in [5.74, 6) is 0. The molecule has 0 aliphatic carbocycles. The maximum absolute atomic E-state index is 3.75. The van der Waals surface area contributed by atoms with Gasteiger partial charge in [0.2, 0.25) is 0 Å². The molecule has 0 aliphatic rings. The first-order valence-electron chi connectivity index (χ1n) is 6.40. The van der Waals surface area contributed by atoms with Crippen molar-refractivity contribution in [2.24, 2.45) is 0 Å². The lowest BCUT2D eigenvalue weighted by Gasteiger charge is -2.06. The molecule has 0 fully saturated rings. The fourth-order valence-electron chi connectivity index (χ4n) is 1.91.